The van der Waals surface area contributed by atoms with E-state index in [1.54, 1.807) is 0 Å². The van der Waals surface area contributed by atoms with E-state index < -0.39 is 0 Å². The zero-order chi connectivity index (χ0) is 4.99. The second-order valence-electron chi connectivity index (χ2n) is 0.471. The molecule has 1 atom stereocenters. The summed E-state index contributed by atoms with van der Waals surface area (Å²) in [5.41, 5.74) is 0. The first-order valence-electron chi connectivity index (χ1n) is 2.43. The molecule has 1 unspecified atom stereocenters. The molecular formula is C4H8. The highest BCUT2D eigenvalue weighted by Gasteiger charge is 1.45. The van der Waals surface area contributed by atoms with E-state index in [-0.39, 0.29) is 13.3 Å². The monoisotopic (exact) mass is 58.1 g/mol. The average molecular weight is 58.1 g/mol. The number of hydrogen-bond acceptors (Lipinski definition) is 0. The van der Waals surface area contributed by atoms with E-state index in [9.17, 15) is 0 Å². The fraction of sp³-hybridized carbons (Fsp3) is 0.500. The summed E-state index contributed by atoms with van der Waals surface area (Å²) in [6.45, 7) is 3.45. The minimum Gasteiger partial charge on any atom is -0.103 e. The summed E-state index contributed by atoms with van der Waals surface area (Å²) < 4.78 is 13.3. The number of hydrogen-bond donors (Lipinski definition) is 0. The molecule has 0 heterocycles. The Morgan fingerprint density at radius 1 is 2.75 bits per heavy atom. The van der Waals surface area contributed by atoms with Crippen LogP contribution in [-0.2, 0) is 0 Å². The van der Waals surface area contributed by atoms with Gasteiger partial charge >= 0.3 is 0 Å². The third kappa shape index (κ3) is 1.74. The van der Waals surface area contributed by atoms with Crippen molar-refractivity contribution in [3.05, 3.63) is 12.7 Å². The van der Waals surface area contributed by atoms with Crippen LogP contribution in [0.15, 0.2) is 12.7 Å². The van der Waals surface area contributed by atoms with Gasteiger partial charge in [0.05, 0.1) is 0 Å². The van der Waals surface area contributed by atoms with Crippen LogP contribution in [0.4, 0.5) is 0 Å². The molecule has 0 radical (unpaired) electrons. The molecule has 0 rings (SSSR count). The van der Waals surface area contributed by atoms with Gasteiger partial charge in [-0.05, 0) is 6.40 Å². The lowest BCUT2D eigenvalue weighted by atomic mass is 10.5. The molecule has 0 fully saturated rings. The van der Waals surface area contributed by atoms with Gasteiger partial charge in [-0.2, -0.15) is 0 Å². The second kappa shape index (κ2) is 2.74. The van der Waals surface area contributed by atoms with Crippen LogP contribution in [-0.4, -0.2) is 0 Å². The maximum absolute atomic E-state index is 6.76. The van der Waals surface area contributed by atoms with Crippen molar-refractivity contribution in [3.8, 4) is 0 Å². The van der Waals surface area contributed by atoms with Crippen molar-refractivity contribution < 1.29 is 2.74 Å². The maximum atomic E-state index is 6.76. The summed E-state index contributed by atoms with van der Waals surface area (Å²) in [7, 11) is 0. The summed E-state index contributed by atoms with van der Waals surface area (Å²) in [6, 6.07) is 0. The molecule has 0 aliphatic rings. The van der Waals surface area contributed by atoms with Crippen molar-refractivity contribution in [1.29, 1.82) is 0 Å². The molecule has 24 valence electrons. The smallest absolute Gasteiger partial charge is 0.0307 e. The summed E-state index contributed by atoms with van der Waals surface area (Å²) in [5.74, 6) is 0. The van der Waals surface area contributed by atoms with Gasteiger partial charge in [0.2, 0.25) is 0 Å². The lowest BCUT2D eigenvalue weighted by molar-refractivity contribution is 1.23. The normalized spacial score (nSPS) is 21.0. The standard InChI is InChI=1S/C4H8/c1-3-4-2/h3H,1,4H2,2H3/i2D,4D. The van der Waals surface area contributed by atoms with Crippen molar-refractivity contribution in [2.24, 2.45) is 0 Å². The van der Waals surface area contributed by atoms with Crippen molar-refractivity contribution >= 4 is 0 Å². The van der Waals surface area contributed by atoms with Crippen LogP contribution in [0, 0.1) is 0 Å². The van der Waals surface area contributed by atoms with Crippen molar-refractivity contribution in [3.63, 3.8) is 0 Å². The molecule has 0 aromatic heterocycles. The first kappa shape index (κ1) is 1.25. The van der Waals surface area contributed by atoms with E-state index in [4.69, 9.17) is 2.74 Å². The quantitative estimate of drug-likeness (QED) is 0.401. The molecule has 0 spiro atoms. The van der Waals surface area contributed by atoms with Crippen LogP contribution in [0.5, 0.6) is 0 Å². The minimum absolute atomic E-state index is 0.128. The molecule has 4 heavy (non-hydrogen) atoms. The zero-order valence-electron chi connectivity index (χ0n) is 4.57. The highest BCUT2D eigenvalue weighted by molar-refractivity contribution is 4.60. The van der Waals surface area contributed by atoms with Gasteiger partial charge in [-0.15, -0.1) is 6.58 Å². The topological polar surface area (TPSA) is 0 Å². The summed E-state index contributed by atoms with van der Waals surface area (Å²) in [4.78, 5) is 0. The Bertz CT molecular complexity index is 42.8. The van der Waals surface area contributed by atoms with Gasteiger partial charge in [0.25, 0.3) is 0 Å². The third-order valence-electron chi connectivity index (χ3n) is 0.167. The first-order valence-corrected chi connectivity index (χ1v) is 1.15. The molecule has 0 nitrogen and oxygen atoms in total. The predicted octanol–water partition coefficient (Wildman–Crippen LogP) is 1.58. The van der Waals surface area contributed by atoms with E-state index in [0.29, 0.717) is 0 Å². The molecule has 0 saturated carbocycles. The van der Waals surface area contributed by atoms with Crippen LogP contribution in [0.25, 0.3) is 0 Å². The molecule has 0 aromatic carbocycles. The lowest BCUT2D eigenvalue weighted by Gasteiger charge is -1.57. The zero-order valence-corrected chi connectivity index (χ0v) is 2.57. The summed E-state index contributed by atoms with van der Waals surface area (Å²) in [6.07, 6.45) is 1.07. The van der Waals surface area contributed by atoms with Crippen LogP contribution < -0.4 is 0 Å². The molecule has 0 aliphatic heterocycles. The molecule has 0 heteroatoms. The van der Waals surface area contributed by atoms with E-state index in [2.05, 4.69) is 6.58 Å². The molecule has 0 amide bonds. The van der Waals surface area contributed by atoms with Crippen molar-refractivity contribution in [2.75, 3.05) is 0 Å². The minimum atomic E-state index is -0.384. The van der Waals surface area contributed by atoms with Crippen LogP contribution >= 0.6 is 0 Å². The predicted molar refractivity (Wildman–Crippen MR) is 20.5 cm³/mol. The molecule has 0 aliphatic carbocycles. The van der Waals surface area contributed by atoms with Gasteiger partial charge in [-0.1, -0.05) is 13.0 Å². The highest BCUT2D eigenvalue weighted by atomic mass is 13.5. The van der Waals surface area contributed by atoms with Crippen molar-refractivity contribution in [1.82, 2.24) is 0 Å². The Hall–Kier alpha value is -0.260. The molecule has 0 N–H and O–H groups in total. The van der Waals surface area contributed by atoms with Gasteiger partial charge in [0.15, 0.2) is 0 Å². The Morgan fingerprint density at radius 3 is 3.50 bits per heavy atom. The number of allylic oxidation sites excluding steroid dienone is 1. The Labute approximate surface area is 30.0 Å². The van der Waals surface area contributed by atoms with Crippen LogP contribution in [0.3, 0.4) is 0 Å². The Morgan fingerprint density at radius 2 is 3.50 bits per heavy atom. The van der Waals surface area contributed by atoms with Gasteiger partial charge in [0.1, 0.15) is 0 Å². The summed E-state index contributed by atoms with van der Waals surface area (Å²) >= 11 is 0. The maximum Gasteiger partial charge on any atom is 0.0307 e. The van der Waals surface area contributed by atoms with Gasteiger partial charge in [-0.3, -0.25) is 0 Å². The molecule has 0 saturated heterocycles. The Kier molecular flexibility index (Phi) is 0.856. The SMILES string of the molecule is [2H]CC([2H])C=C. The van der Waals surface area contributed by atoms with Crippen LogP contribution in [0.2, 0.25) is 0 Å². The average Bonchev–Trinajstić information content (AvgIpc) is 1.65. The summed E-state index contributed by atoms with van der Waals surface area (Å²) in [5, 5.41) is 0. The fourth-order valence-electron chi connectivity index (χ4n) is 0. The number of rotatable bonds is 1. The third-order valence-corrected chi connectivity index (χ3v) is 0.167. The largest absolute Gasteiger partial charge is 0.103 e. The van der Waals surface area contributed by atoms with Gasteiger partial charge in [-0.25, -0.2) is 0 Å². The van der Waals surface area contributed by atoms with Crippen molar-refractivity contribution in [2.45, 2.75) is 13.3 Å². The highest BCUT2D eigenvalue weighted by Crippen LogP contribution is 1.66. The molecule has 0 aromatic rings. The van der Waals surface area contributed by atoms with Crippen LogP contribution in [0.1, 0.15) is 16.0 Å². The van der Waals surface area contributed by atoms with E-state index >= 15 is 0 Å². The van der Waals surface area contributed by atoms with E-state index in [0.717, 1.165) is 0 Å². The molecular weight excluding hydrogens is 48.0 g/mol. The first-order chi connectivity index (χ1) is 2.81. The lowest BCUT2D eigenvalue weighted by Crippen LogP contribution is -1.36. The van der Waals surface area contributed by atoms with Gasteiger partial charge in [0, 0.05) is 2.74 Å². The molecule has 0 bridgehead atoms. The van der Waals surface area contributed by atoms with E-state index in [1.807, 2.05) is 0 Å². The second-order valence-corrected chi connectivity index (χ2v) is 0.471. The van der Waals surface area contributed by atoms with E-state index in [1.165, 1.54) is 6.08 Å². The van der Waals surface area contributed by atoms with Gasteiger partial charge < -0.3 is 0 Å². The Balaban J connectivity index is 2.96. The fourth-order valence-corrected chi connectivity index (χ4v) is 0.